The van der Waals surface area contributed by atoms with Crippen molar-refractivity contribution in [1.82, 2.24) is 9.88 Å². The highest BCUT2D eigenvalue weighted by Gasteiger charge is 2.22. The van der Waals surface area contributed by atoms with Gasteiger partial charge >= 0.3 is 5.97 Å². The summed E-state index contributed by atoms with van der Waals surface area (Å²) in [5.41, 5.74) is 1.88. The number of para-hydroxylation sites is 1. The number of rotatable bonds is 7. The SMILES string of the molecule is C[C@@H]1CCCC[C@@H]1NC(=O)COC(=O)/C=C/c1cn(CCC#N)c2ccccc12. The van der Waals surface area contributed by atoms with Gasteiger partial charge in [-0.15, -0.1) is 0 Å². The Balaban J connectivity index is 1.56. The number of esters is 1. The first-order valence-corrected chi connectivity index (χ1v) is 10.2. The van der Waals surface area contributed by atoms with Crippen molar-refractivity contribution >= 4 is 28.9 Å². The van der Waals surface area contributed by atoms with Crippen molar-refractivity contribution in [3.63, 3.8) is 0 Å². The third-order valence-corrected chi connectivity index (χ3v) is 5.49. The van der Waals surface area contributed by atoms with Gasteiger partial charge in [-0.1, -0.05) is 38.0 Å². The minimum absolute atomic E-state index is 0.171. The van der Waals surface area contributed by atoms with E-state index in [0.29, 0.717) is 18.9 Å². The molecule has 6 nitrogen and oxygen atoms in total. The van der Waals surface area contributed by atoms with E-state index in [-0.39, 0.29) is 18.6 Å². The number of ether oxygens (including phenoxy) is 1. The number of aryl methyl sites for hydroxylation is 1. The van der Waals surface area contributed by atoms with Crippen LogP contribution in [0.2, 0.25) is 0 Å². The minimum atomic E-state index is -0.550. The molecule has 1 N–H and O–H groups in total. The molecule has 3 rings (SSSR count). The van der Waals surface area contributed by atoms with Crippen molar-refractivity contribution in [3.8, 4) is 6.07 Å². The van der Waals surface area contributed by atoms with Crippen LogP contribution in [0.25, 0.3) is 17.0 Å². The molecule has 1 saturated carbocycles. The van der Waals surface area contributed by atoms with Crippen LogP contribution in [0.15, 0.2) is 36.5 Å². The molecule has 0 radical (unpaired) electrons. The van der Waals surface area contributed by atoms with E-state index in [9.17, 15) is 9.59 Å². The van der Waals surface area contributed by atoms with Crippen molar-refractivity contribution in [3.05, 3.63) is 42.1 Å². The summed E-state index contributed by atoms with van der Waals surface area (Å²) in [6, 6.07) is 10.2. The molecule has 1 aliphatic carbocycles. The molecular weight excluding hydrogens is 366 g/mol. The van der Waals surface area contributed by atoms with Gasteiger partial charge in [0.05, 0.1) is 12.5 Å². The molecule has 0 spiro atoms. The summed E-state index contributed by atoms with van der Waals surface area (Å²) >= 11 is 0. The van der Waals surface area contributed by atoms with Crippen molar-refractivity contribution in [1.29, 1.82) is 5.26 Å². The number of nitrogens with one attached hydrogen (secondary N) is 1. The molecule has 0 unspecified atom stereocenters. The fourth-order valence-corrected chi connectivity index (χ4v) is 3.89. The lowest BCUT2D eigenvalue weighted by atomic mass is 9.86. The van der Waals surface area contributed by atoms with Gasteiger partial charge in [0.25, 0.3) is 5.91 Å². The Morgan fingerprint density at radius 1 is 1.31 bits per heavy atom. The molecule has 152 valence electrons. The zero-order chi connectivity index (χ0) is 20.6. The topological polar surface area (TPSA) is 84.1 Å². The molecule has 1 aromatic heterocycles. The Kier molecular flexibility index (Phi) is 7.07. The number of hydrogen-bond donors (Lipinski definition) is 1. The first-order valence-electron chi connectivity index (χ1n) is 10.2. The minimum Gasteiger partial charge on any atom is -0.452 e. The fraction of sp³-hybridized carbons (Fsp3) is 0.435. The van der Waals surface area contributed by atoms with Crippen LogP contribution in [-0.4, -0.2) is 29.1 Å². The van der Waals surface area contributed by atoms with E-state index < -0.39 is 5.97 Å². The lowest BCUT2D eigenvalue weighted by molar-refractivity contribution is -0.144. The summed E-state index contributed by atoms with van der Waals surface area (Å²) in [6.07, 6.45) is 9.80. The quantitative estimate of drug-likeness (QED) is 0.573. The van der Waals surface area contributed by atoms with Crippen LogP contribution >= 0.6 is 0 Å². The number of benzene rings is 1. The van der Waals surface area contributed by atoms with Gasteiger partial charge in [0.15, 0.2) is 6.61 Å². The Labute approximate surface area is 171 Å². The number of aromatic nitrogens is 1. The summed E-state index contributed by atoms with van der Waals surface area (Å²) in [5, 5.41) is 12.8. The predicted octanol–water partition coefficient (Wildman–Crippen LogP) is 3.81. The summed E-state index contributed by atoms with van der Waals surface area (Å²) in [7, 11) is 0. The Hall–Kier alpha value is -3.07. The van der Waals surface area contributed by atoms with Crippen LogP contribution < -0.4 is 5.32 Å². The number of nitriles is 1. The fourth-order valence-electron chi connectivity index (χ4n) is 3.89. The highest BCUT2D eigenvalue weighted by molar-refractivity contribution is 5.95. The zero-order valence-electron chi connectivity index (χ0n) is 16.8. The van der Waals surface area contributed by atoms with Gasteiger partial charge in [-0.3, -0.25) is 4.79 Å². The molecule has 0 bridgehead atoms. The molecule has 1 heterocycles. The molecule has 29 heavy (non-hydrogen) atoms. The smallest absolute Gasteiger partial charge is 0.331 e. The average molecular weight is 393 g/mol. The van der Waals surface area contributed by atoms with Crippen molar-refractivity contribution < 1.29 is 14.3 Å². The molecule has 6 heteroatoms. The zero-order valence-corrected chi connectivity index (χ0v) is 16.8. The Morgan fingerprint density at radius 2 is 2.10 bits per heavy atom. The Morgan fingerprint density at radius 3 is 2.90 bits per heavy atom. The van der Waals surface area contributed by atoms with Crippen molar-refractivity contribution in [2.45, 2.75) is 51.6 Å². The van der Waals surface area contributed by atoms with Gasteiger partial charge in [-0.25, -0.2) is 4.79 Å². The second kappa shape index (κ2) is 9.92. The second-order valence-corrected chi connectivity index (χ2v) is 7.58. The van der Waals surface area contributed by atoms with Crippen molar-refractivity contribution in [2.24, 2.45) is 5.92 Å². The molecular formula is C23H27N3O3. The maximum Gasteiger partial charge on any atom is 0.331 e. The number of carbonyl (C=O) groups is 2. The summed E-state index contributed by atoms with van der Waals surface area (Å²) in [5.74, 6) is -0.342. The third kappa shape index (κ3) is 5.47. The molecule has 2 aromatic rings. The number of carbonyl (C=O) groups excluding carboxylic acids is 2. The lowest BCUT2D eigenvalue weighted by Crippen LogP contribution is -2.42. The summed E-state index contributed by atoms with van der Waals surface area (Å²) < 4.78 is 7.10. The van der Waals surface area contributed by atoms with Gasteiger partial charge in [0, 0.05) is 41.3 Å². The third-order valence-electron chi connectivity index (χ3n) is 5.49. The number of fused-ring (bicyclic) bond motifs is 1. The molecule has 1 aliphatic rings. The molecule has 0 aliphatic heterocycles. The number of amides is 1. The molecule has 0 saturated heterocycles. The summed E-state index contributed by atoms with van der Waals surface area (Å²) in [6.45, 7) is 2.47. The first kappa shape index (κ1) is 20.7. The van der Waals surface area contributed by atoms with Crippen LogP contribution in [0.4, 0.5) is 0 Å². The predicted molar refractivity (Wildman–Crippen MR) is 112 cm³/mol. The van der Waals surface area contributed by atoms with Crippen LogP contribution in [0, 0.1) is 17.2 Å². The second-order valence-electron chi connectivity index (χ2n) is 7.58. The molecule has 1 aromatic carbocycles. The van der Waals surface area contributed by atoms with Gasteiger partial charge in [-0.2, -0.15) is 5.26 Å². The normalized spacial score (nSPS) is 19.2. The van der Waals surface area contributed by atoms with E-state index in [1.54, 1.807) is 6.08 Å². The van der Waals surface area contributed by atoms with Gasteiger partial charge in [-0.05, 0) is 30.9 Å². The van der Waals surface area contributed by atoms with Crippen LogP contribution in [0.5, 0.6) is 0 Å². The van der Waals surface area contributed by atoms with Crippen LogP contribution in [-0.2, 0) is 20.9 Å². The number of nitrogens with zero attached hydrogens (tertiary/aromatic N) is 2. The van der Waals surface area contributed by atoms with Crippen molar-refractivity contribution in [2.75, 3.05) is 6.61 Å². The molecule has 2 atom stereocenters. The van der Waals surface area contributed by atoms with E-state index in [0.717, 1.165) is 35.7 Å². The first-order chi connectivity index (χ1) is 14.1. The maximum absolute atomic E-state index is 12.1. The van der Waals surface area contributed by atoms with Crippen LogP contribution in [0.1, 0.15) is 44.6 Å². The maximum atomic E-state index is 12.1. The van der Waals surface area contributed by atoms with E-state index >= 15 is 0 Å². The van der Waals surface area contributed by atoms with Gasteiger partial charge < -0.3 is 14.6 Å². The number of hydrogen-bond acceptors (Lipinski definition) is 4. The molecule has 1 fully saturated rings. The average Bonchev–Trinajstić information content (AvgIpc) is 3.09. The van der Waals surface area contributed by atoms with Crippen LogP contribution in [0.3, 0.4) is 0 Å². The highest BCUT2D eigenvalue weighted by atomic mass is 16.5. The van der Waals surface area contributed by atoms with E-state index in [4.69, 9.17) is 10.00 Å². The largest absolute Gasteiger partial charge is 0.452 e. The van der Waals surface area contributed by atoms with Gasteiger partial charge in [0.1, 0.15) is 0 Å². The lowest BCUT2D eigenvalue weighted by Gasteiger charge is -2.29. The molecule has 1 amide bonds. The van der Waals surface area contributed by atoms with Gasteiger partial charge in [0.2, 0.25) is 0 Å². The van der Waals surface area contributed by atoms with E-state index in [1.807, 2.05) is 35.0 Å². The standard InChI is InChI=1S/C23H27N3O3/c1-17-7-2-4-9-20(17)25-22(27)16-29-23(28)12-11-18-15-26(14-6-13-24)21-10-5-3-8-19(18)21/h3,5,8,10-12,15,17,20H,2,4,6-7,9,14,16H2,1H3,(H,25,27)/b12-11+/t17-,20+/m1/s1. The Bertz CT molecular complexity index is 938. The van der Waals surface area contributed by atoms with E-state index in [1.165, 1.54) is 12.5 Å². The summed E-state index contributed by atoms with van der Waals surface area (Å²) in [4.78, 5) is 24.1. The monoisotopic (exact) mass is 393 g/mol. The highest BCUT2D eigenvalue weighted by Crippen LogP contribution is 2.24. The van der Waals surface area contributed by atoms with E-state index in [2.05, 4.69) is 18.3 Å².